The highest BCUT2D eigenvalue weighted by Crippen LogP contribution is 2.31. The highest BCUT2D eigenvalue weighted by Gasteiger charge is 2.32. The van der Waals surface area contributed by atoms with E-state index in [-0.39, 0.29) is 17.7 Å². The molecule has 4 aromatic rings. The summed E-state index contributed by atoms with van der Waals surface area (Å²) in [6, 6.07) is 26.1. The minimum Gasteiger partial charge on any atom is -0.341 e. The molecule has 1 amide bonds. The second-order valence-corrected chi connectivity index (χ2v) is 7.86. The highest BCUT2D eigenvalue weighted by molar-refractivity contribution is 5.87. The molecule has 1 fully saturated rings. The number of aromatic nitrogens is 3. The second-order valence-electron chi connectivity index (χ2n) is 7.86. The first kappa shape index (κ1) is 18.6. The van der Waals surface area contributed by atoms with E-state index in [4.69, 9.17) is 0 Å². The van der Waals surface area contributed by atoms with Crippen LogP contribution in [0.2, 0.25) is 0 Å². The number of fused-ring (bicyclic) bond motifs is 1. The molecule has 2 aromatic carbocycles. The molecule has 0 aliphatic carbocycles. The Morgan fingerprint density at radius 2 is 1.53 bits per heavy atom. The summed E-state index contributed by atoms with van der Waals surface area (Å²) >= 11 is 0. The third kappa shape index (κ3) is 3.47. The smallest absolute Gasteiger partial charge is 0.234 e. The first-order valence-corrected chi connectivity index (χ1v) is 10.5. The number of hydrogen-bond acceptors (Lipinski definition) is 3. The normalized spacial score (nSPS) is 16.8. The maximum absolute atomic E-state index is 13.8. The van der Waals surface area contributed by atoms with Crippen LogP contribution >= 0.6 is 0 Å². The maximum atomic E-state index is 13.8. The van der Waals surface area contributed by atoms with Crippen LogP contribution in [0, 0.1) is 0 Å². The number of piperidine rings is 1. The van der Waals surface area contributed by atoms with Crippen molar-refractivity contribution in [1.29, 1.82) is 0 Å². The summed E-state index contributed by atoms with van der Waals surface area (Å²) in [5.74, 6) is 0.999. The van der Waals surface area contributed by atoms with Gasteiger partial charge in [0.05, 0.1) is 5.92 Å². The predicted molar refractivity (Wildman–Crippen MR) is 116 cm³/mol. The quantitative estimate of drug-likeness (QED) is 0.518. The van der Waals surface area contributed by atoms with E-state index in [0.29, 0.717) is 6.54 Å². The monoisotopic (exact) mass is 396 g/mol. The summed E-state index contributed by atoms with van der Waals surface area (Å²) in [7, 11) is 0. The zero-order valence-corrected chi connectivity index (χ0v) is 16.8. The zero-order valence-electron chi connectivity index (χ0n) is 16.8. The van der Waals surface area contributed by atoms with E-state index in [2.05, 4.69) is 10.2 Å². The van der Waals surface area contributed by atoms with Crippen molar-refractivity contribution in [3.05, 3.63) is 102 Å². The van der Waals surface area contributed by atoms with Crippen molar-refractivity contribution in [2.24, 2.45) is 0 Å². The Morgan fingerprint density at radius 3 is 2.23 bits per heavy atom. The molecule has 2 aromatic heterocycles. The topological polar surface area (TPSA) is 50.5 Å². The van der Waals surface area contributed by atoms with Crippen molar-refractivity contribution in [2.75, 3.05) is 13.1 Å². The summed E-state index contributed by atoms with van der Waals surface area (Å²) in [4.78, 5) is 15.8. The van der Waals surface area contributed by atoms with Crippen LogP contribution < -0.4 is 0 Å². The van der Waals surface area contributed by atoms with Gasteiger partial charge in [-0.15, -0.1) is 10.2 Å². The van der Waals surface area contributed by atoms with E-state index in [1.54, 1.807) is 0 Å². The van der Waals surface area contributed by atoms with E-state index in [0.717, 1.165) is 42.0 Å². The van der Waals surface area contributed by atoms with Gasteiger partial charge in [0, 0.05) is 25.2 Å². The Morgan fingerprint density at radius 1 is 0.867 bits per heavy atom. The van der Waals surface area contributed by atoms with Crippen LogP contribution in [0.15, 0.2) is 85.1 Å². The number of pyridine rings is 1. The van der Waals surface area contributed by atoms with Gasteiger partial charge in [0.15, 0.2) is 5.65 Å². The van der Waals surface area contributed by atoms with Crippen LogP contribution in [0.5, 0.6) is 0 Å². The summed E-state index contributed by atoms with van der Waals surface area (Å²) < 4.78 is 2.05. The second kappa shape index (κ2) is 8.11. The first-order valence-electron chi connectivity index (χ1n) is 10.5. The largest absolute Gasteiger partial charge is 0.341 e. The molecule has 150 valence electrons. The number of rotatable bonds is 4. The molecule has 0 radical (unpaired) electrons. The minimum atomic E-state index is -0.290. The number of hydrogen-bond donors (Lipinski definition) is 0. The summed E-state index contributed by atoms with van der Waals surface area (Å²) in [6.45, 7) is 1.45. The van der Waals surface area contributed by atoms with Gasteiger partial charge in [0.25, 0.3) is 0 Å². The minimum absolute atomic E-state index is 0.158. The van der Waals surface area contributed by atoms with Crippen molar-refractivity contribution in [3.63, 3.8) is 0 Å². The summed E-state index contributed by atoms with van der Waals surface area (Å²) in [5.41, 5.74) is 2.91. The predicted octanol–water partition coefficient (Wildman–Crippen LogP) is 4.27. The lowest BCUT2D eigenvalue weighted by molar-refractivity contribution is -0.133. The molecular formula is C25H24N4O. The van der Waals surface area contributed by atoms with Crippen LogP contribution in [0.25, 0.3) is 5.65 Å². The average molecular weight is 396 g/mol. The first-order chi connectivity index (χ1) is 14.8. The zero-order chi connectivity index (χ0) is 20.3. The van der Waals surface area contributed by atoms with Crippen molar-refractivity contribution in [1.82, 2.24) is 19.5 Å². The summed E-state index contributed by atoms with van der Waals surface area (Å²) in [6.07, 6.45) is 3.98. The number of likely N-dealkylation sites (tertiary alicyclic amines) is 1. The van der Waals surface area contributed by atoms with Gasteiger partial charge in [-0.1, -0.05) is 66.7 Å². The van der Waals surface area contributed by atoms with E-state index < -0.39 is 0 Å². The average Bonchev–Trinajstić information content (AvgIpc) is 3.25. The van der Waals surface area contributed by atoms with Crippen molar-refractivity contribution in [3.8, 4) is 0 Å². The van der Waals surface area contributed by atoms with Gasteiger partial charge < -0.3 is 4.90 Å². The molecule has 3 heterocycles. The third-order valence-corrected chi connectivity index (χ3v) is 5.95. The van der Waals surface area contributed by atoms with Crippen molar-refractivity contribution >= 4 is 11.6 Å². The van der Waals surface area contributed by atoms with E-state index in [9.17, 15) is 4.79 Å². The Hall–Kier alpha value is -3.47. The van der Waals surface area contributed by atoms with Gasteiger partial charge in [-0.3, -0.25) is 9.20 Å². The van der Waals surface area contributed by atoms with Crippen LogP contribution in [-0.4, -0.2) is 38.5 Å². The van der Waals surface area contributed by atoms with Crippen LogP contribution in [0.3, 0.4) is 0 Å². The molecule has 0 unspecified atom stereocenters. The van der Waals surface area contributed by atoms with Crippen LogP contribution in [-0.2, 0) is 4.79 Å². The van der Waals surface area contributed by atoms with Gasteiger partial charge in [0.1, 0.15) is 5.82 Å². The maximum Gasteiger partial charge on any atom is 0.234 e. The lowest BCUT2D eigenvalue weighted by Gasteiger charge is -2.34. The summed E-state index contributed by atoms with van der Waals surface area (Å²) in [5, 5.41) is 8.75. The Kier molecular flexibility index (Phi) is 5.01. The molecule has 1 atom stereocenters. The molecule has 0 N–H and O–H groups in total. The van der Waals surface area contributed by atoms with E-state index >= 15 is 0 Å². The van der Waals surface area contributed by atoms with E-state index in [1.807, 2.05) is 94.4 Å². The number of carbonyl (C=O) groups excluding carboxylic acids is 1. The third-order valence-electron chi connectivity index (χ3n) is 5.95. The Bertz CT molecular complexity index is 1100. The molecule has 0 spiro atoms. The molecular weight excluding hydrogens is 372 g/mol. The van der Waals surface area contributed by atoms with Gasteiger partial charge in [-0.25, -0.2) is 0 Å². The molecule has 5 rings (SSSR count). The van der Waals surface area contributed by atoms with Gasteiger partial charge >= 0.3 is 0 Å². The van der Waals surface area contributed by atoms with E-state index in [1.165, 1.54) is 0 Å². The molecule has 1 aliphatic heterocycles. The highest BCUT2D eigenvalue weighted by atomic mass is 16.2. The van der Waals surface area contributed by atoms with Gasteiger partial charge in [-0.05, 0) is 36.1 Å². The number of carbonyl (C=O) groups is 1. The number of nitrogens with zero attached hydrogens (tertiary/aromatic N) is 4. The Labute approximate surface area is 176 Å². The van der Waals surface area contributed by atoms with Gasteiger partial charge in [0.2, 0.25) is 5.91 Å². The number of amides is 1. The van der Waals surface area contributed by atoms with Gasteiger partial charge in [-0.2, -0.15) is 0 Å². The fourth-order valence-electron chi connectivity index (χ4n) is 4.48. The Balaban J connectivity index is 1.45. The SMILES string of the molecule is O=C(C(c1ccccc1)c1ccccc1)N1CCC[C@@H](c2nnc3ccccn23)C1. The fraction of sp³-hybridized carbons (Fsp3) is 0.240. The lowest BCUT2D eigenvalue weighted by Crippen LogP contribution is -2.42. The van der Waals surface area contributed by atoms with Crippen molar-refractivity contribution < 1.29 is 4.79 Å². The molecule has 0 saturated carbocycles. The molecule has 0 bridgehead atoms. The standard InChI is InChI=1S/C25H24N4O/c30-25(23(19-10-3-1-4-11-19)20-12-5-2-6-13-20)28-16-9-14-21(18-28)24-27-26-22-15-7-8-17-29(22)24/h1-8,10-13,15,17,21,23H,9,14,16,18H2/t21-/m1/s1. The molecule has 1 aliphatic rings. The van der Waals surface area contributed by atoms with Crippen LogP contribution in [0.1, 0.15) is 41.6 Å². The fourth-order valence-corrected chi connectivity index (χ4v) is 4.48. The number of benzene rings is 2. The lowest BCUT2D eigenvalue weighted by atomic mass is 9.88. The molecule has 30 heavy (non-hydrogen) atoms. The molecule has 5 heteroatoms. The van der Waals surface area contributed by atoms with Crippen molar-refractivity contribution in [2.45, 2.75) is 24.7 Å². The van der Waals surface area contributed by atoms with Crippen LogP contribution in [0.4, 0.5) is 0 Å². The molecule has 5 nitrogen and oxygen atoms in total. The molecule has 1 saturated heterocycles.